The summed E-state index contributed by atoms with van der Waals surface area (Å²) in [6.45, 7) is 8.12. The second kappa shape index (κ2) is 6.59. The van der Waals surface area contributed by atoms with Gasteiger partial charge in [-0.25, -0.2) is 4.39 Å². The van der Waals surface area contributed by atoms with E-state index in [4.69, 9.17) is 0 Å². The Morgan fingerprint density at radius 2 is 1.65 bits per heavy atom. The van der Waals surface area contributed by atoms with E-state index in [-0.39, 0.29) is 5.82 Å². The molecule has 0 bridgehead atoms. The maximum Gasteiger partial charge on any atom is 0.146 e. The Kier molecular flexibility index (Phi) is 4.53. The zero-order valence-corrected chi connectivity index (χ0v) is 13.7. The van der Waals surface area contributed by atoms with Crippen LogP contribution in [-0.2, 0) is 6.54 Å². The molecule has 0 atom stereocenters. The van der Waals surface area contributed by atoms with E-state index in [0.717, 1.165) is 43.9 Å². The van der Waals surface area contributed by atoms with Crippen molar-refractivity contribution in [1.29, 1.82) is 0 Å². The molecule has 0 amide bonds. The molecule has 4 heteroatoms. The first-order valence-corrected chi connectivity index (χ1v) is 8.05. The monoisotopic (exact) mass is 314 g/mol. The number of piperazine rings is 1. The van der Waals surface area contributed by atoms with Gasteiger partial charge >= 0.3 is 0 Å². The van der Waals surface area contributed by atoms with Crippen LogP contribution in [0.3, 0.4) is 0 Å². The van der Waals surface area contributed by atoms with Gasteiger partial charge in [-0.1, -0.05) is 18.2 Å². The number of phenols is 1. The number of nitrogens with zero attached hydrogens (tertiary/aromatic N) is 2. The minimum absolute atomic E-state index is 0.159. The van der Waals surface area contributed by atoms with Gasteiger partial charge in [0.1, 0.15) is 11.6 Å². The molecule has 1 aliphatic heterocycles. The fourth-order valence-electron chi connectivity index (χ4n) is 3.08. The molecule has 1 heterocycles. The van der Waals surface area contributed by atoms with Gasteiger partial charge in [0.2, 0.25) is 0 Å². The van der Waals surface area contributed by atoms with Crippen LogP contribution in [0.15, 0.2) is 36.4 Å². The van der Waals surface area contributed by atoms with Crippen LogP contribution < -0.4 is 4.90 Å². The van der Waals surface area contributed by atoms with Crippen molar-refractivity contribution in [2.45, 2.75) is 20.4 Å². The second-order valence-electron chi connectivity index (χ2n) is 6.28. The van der Waals surface area contributed by atoms with E-state index < -0.39 is 0 Å². The molecular weight excluding hydrogens is 291 g/mol. The third-order valence-electron chi connectivity index (χ3n) is 4.65. The SMILES string of the molecule is Cc1cc(O)c(CN2CCN(c3ccccc3F)CC2)cc1C. The van der Waals surface area contributed by atoms with E-state index in [2.05, 4.69) is 22.8 Å². The number of para-hydroxylation sites is 1. The van der Waals surface area contributed by atoms with Gasteiger partial charge in [-0.2, -0.15) is 0 Å². The molecule has 2 aromatic carbocycles. The van der Waals surface area contributed by atoms with Gasteiger partial charge in [-0.15, -0.1) is 0 Å². The van der Waals surface area contributed by atoms with Gasteiger partial charge in [0.25, 0.3) is 0 Å². The van der Waals surface area contributed by atoms with E-state index in [1.54, 1.807) is 6.07 Å². The molecule has 122 valence electrons. The Morgan fingerprint density at radius 1 is 1.00 bits per heavy atom. The van der Waals surface area contributed by atoms with Crippen LogP contribution in [-0.4, -0.2) is 36.2 Å². The Labute approximate surface area is 137 Å². The predicted octanol–water partition coefficient (Wildman–Crippen LogP) is 3.47. The lowest BCUT2D eigenvalue weighted by Crippen LogP contribution is -2.46. The standard InChI is InChI=1S/C19H23FN2O/c1-14-11-16(19(23)12-15(14)2)13-21-7-9-22(10-8-21)18-6-4-3-5-17(18)20/h3-6,11-12,23H,7-10,13H2,1-2H3. The molecule has 0 aromatic heterocycles. The lowest BCUT2D eigenvalue weighted by molar-refractivity contribution is 0.246. The Balaban J connectivity index is 1.64. The van der Waals surface area contributed by atoms with Crippen molar-refractivity contribution in [2.75, 3.05) is 31.1 Å². The van der Waals surface area contributed by atoms with Crippen LogP contribution in [0, 0.1) is 19.7 Å². The zero-order chi connectivity index (χ0) is 16.4. The van der Waals surface area contributed by atoms with Crippen molar-refractivity contribution >= 4 is 5.69 Å². The van der Waals surface area contributed by atoms with Gasteiger partial charge in [-0.05, 0) is 43.2 Å². The minimum atomic E-state index is -0.159. The maximum atomic E-state index is 13.9. The number of hydrogen-bond acceptors (Lipinski definition) is 3. The summed E-state index contributed by atoms with van der Waals surface area (Å²) in [5.41, 5.74) is 3.95. The smallest absolute Gasteiger partial charge is 0.146 e. The quantitative estimate of drug-likeness (QED) is 0.940. The van der Waals surface area contributed by atoms with Crippen molar-refractivity contribution < 1.29 is 9.50 Å². The highest BCUT2D eigenvalue weighted by molar-refractivity contribution is 5.48. The molecule has 0 spiro atoms. The molecular formula is C19H23FN2O. The molecule has 23 heavy (non-hydrogen) atoms. The predicted molar refractivity (Wildman–Crippen MR) is 91.5 cm³/mol. The summed E-state index contributed by atoms with van der Waals surface area (Å²) < 4.78 is 13.9. The fourth-order valence-corrected chi connectivity index (χ4v) is 3.08. The number of anilines is 1. The number of benzene rings is 2. The van der Waals surface area contributed by atoms with E-state index in [1.165, 1.54) is 11.6 Å². The Bertz CT molecular complexity index is 694. The van der Waals surface area contributed by atoms with Gasteiger partial charge in [0.05, 0.1) is 5.69 Å². The highest BCUT2D eigenvalue weighted by atomic mass is 19.1. The van der Waals surface area contributed by atoms with Crippen LogP contribution in [0.2, 0.25) is 0 Å². The zero-order valence-electron chi connectivity index (χ0n) is 13.7. The van der Waals surface area contributed by atoms with Crippen molar-refractivity contribution in [3.8, 4) is 5.75 Å². The Morgan fingerprint density at radius 3 is 2.35 bits per heavy atom. The summed E-state index contributed by atoms with van der Waals surface area (Å²) in [7, 11) is 0. The molecule has 1 saturated heterocycles. The van der Waals surface area contributed by atoms with E-state index in [9.17, 15) is 9.50 Å². The summed E-state index contributed by atoms with van der Waals surface area (Å²) in [6, 6.07) is 10.8. The Hall–Kier alpha value is -2.07. The van der Waals surface area contributed by atoms with E-state index in [1.807, 2.05) is 25.1 Å². The topological polar surface area (TPSA) is 26.7 Å². The van der Waals surface area contributed by atoms with Gasteiger partial charge in [0, 0.05) is 38.3 Å². The van der Waals surface area contributed by atoms with Crippen molar-refractivity contribution in [3.63, 3.8) is 0 Å². The molecule has 1 fully saturated rings. The first-order valence-electron chi connectivity index (χ1n) is 8.05. The summed E-state index contributed by atoms with van der Waals surface area (Å²) in [5.74, 6) is 0.206. The third kappa shape index (κ3) is 3.48. The number of hydrogen-bond donors (Lipinski definition) is 1. The number of aryl methyl sites for hydroxylation is 2. The molecule has 0 aliphatic carbocycles. The largest absolute Gasteiger partial charge is 0.508 e. The summed E-state index contributed by atoms with van der Waals surface area (Å²) in [5, 5.41) is 10.1. The average molecular weight is 314 g/mol. The molecule has 0 unspecified atom stereocenters. The van der Waals surface area contributed by atoms with Gasteiger partial charge in [-0.3, -0.25) is 4.90 Å². The van der Waals surface area contributed by atoms with Crippen molar-refractivity contribution in [2.24, 2.45) is 0 Å². The molecule has 0 saturated carbocycles. The average Bonchev–Trinajstić information content (AvgIpc) is 2.54. The van der Waals surface area contributed by atoms with Crippen LogP contribution in [0.25, 0.3) is 0 Å². The summed E-state index contributed by atoms with van der Waals surface area (Å²) in [6.07, 6.45) is 0. The summed E-state index contributed by atoms with van der Waals surface area (Å²) in [4.78, 5) is 4.40. The van der Waals surface area contributed by atoms with Gasteiger partial charge in [0.15, 0.2) is 0 Å². The van der Waals surface area contributed by atoms with Crippen molar-refractivity contribution in [3.05, 3.63) is 58.9 Å². The minimum Gasteiger partial charge on any atom is -0.508 e. The summed E-state index contributed by atoms with van der Waals surface area (Å²) >= 11 is 0. The lowest BCUT2D eigenvalue weighted by atomic mass is 10.0. The maximum absolute atomic E-state index is 13.9. The highest BCUT2D eigenvalue weighted by Gasteiger charge is 2.20. The first-order chi connectivity index (χ1) is 11.0. The third-order valence-corrected chi connectivity index (χ3v) is 4.65. The van der Waals surface area contributed by atoms with E-state index >= 15 is 0 Å². The first kappa shape index (κ1) is 15.8. The van der Waals surface area contributed by atoms with Crippen LogP contribution in [0.5, 0.6) is 5.75 Å². The molecule has 2 aromatic rings. The normalized spacial score (nSPS) is 15.9. The van der Waals surface area contributed by atoms with Crippen LogP contribution >= 0.6 is 0 Å². The number of halogens is 1. The van der Waals surface area contributed by atoms with Crippen molar-refractivity contribution in [1.82, 2.24) is 4.90 Å². The molecule has 1 N–H and O–H groups in total. The molecule has 0 radical (unpaired) electrons. The second-order valence-corrected chi connectivity index (χ2v) is 6.28. The van der Waals surface area contributed by atoms with Crippen LogP contribution in [0.1, 0.15) is 16.7 Å². The molecule has 3 rings (SSSR count). The number of aromatic hydroxyl groups is 1. The van der Waals surface area contributed by atoms with Gasteiger partial charge < -0.3 is 10.0 Å². The van der Waals surface area contributed by atoms with E-state index in [0.29, 0.717) is 11.4 Å². The lowest BCUT2D eigenvalue weighted by Gasteiger charge is -2.36. The fraction of sp³-hybridized carbons (Fsp3) is 0.368. The molecule has 1 aliphatic rings. The number of phenolic OH excluding ortho intramolecular Hbond substituents is 1. The highest BCUT2D eigenvalue weighted by Crippen LogP contribution is 2.25. The number of rotatable bonds is 3. The molecule has 3 nitrogen and oxygen atoms in total. The van der Waals surface area contributed by atoms with Crippen LogP contribution in [0.4, 0.5) is 10.1 Å².